The van der Waals surface area contributed by atoms with Crippen LogP contribution in [0.2, 0.25) is 0 Å². The predicted molar refractivity (Wildman–Crippen MR) is 59.9 cm³/mol. The van der Waals surface area contributed by atoms with E-state index in [1.54, 1.807) is 28.6 Å². The van der Waals surface area contributed by atoms with Crippen LogP contribution < -0.4 is 4.84 Å². The first kappa shape index (κ1) is 9.29. The van der Waals surface area contributed by atoms with Crippen molar-refractivity contribution in [1.82, 2.24) is 19.7 Å². The van der Waals surface area contributed by atoms with E-state index in [-0.39, 0.29) is 0 Å². The number of hydrogen-bond acceptors (Lipinski definition) is 5. The molecule has 0 saturated heterocycles. The molecule has 16 heavy (non-hydrogen) atoms. The van der Waals surface area contributed by atoms with Gasteiger partial charge in [-0.15, -0.1) is 11.3 Å². The average molecular weight is 232 g/mol. The zero-order valence-corrected chi connectivity index (χ0v) is 9.09. The molecule has 6 heteroatoms. The zero-order chi connectivity index (χ0) is 10.8. The maximum Gasteiger partial charge on any atom is 0.199 e. The number of thiophene rings is 1. The maximum absolute atomic E-state index is 5.58. The average Bonchev–Trinajstić information content (AvgIpc) is 2.96. The molecule has 3 rings (SSSR count). The predicted octanol–water partition coefficient (Wildman–Crippen LogP) is 1.52. The fourth-order valence-corrected chi connectivity index (χ4v) is 1.98. The van der Waals surface area contributed by atoms with Gasteiger partial charge in [0.2, 0.25) is 0 Å². The fraction of sp³-hybridized carbons (Fsp3) is 0.100. The second-order valence-corrected chi connectivity index (χ2v) is 4.19. The van der Waals surface area contributed by atoms with Crippen LogP contribution in [0.15, 0.2) is 36.4 Å². The Morgan fingerprint density at radius 2 is 2.38 bits per heavy atom. The van der Waals surface area contributed by atoms with Crippen LogP contribution in [-0.4, -0.2) is 19.7 Å². The van der Waals surface area contributed by atoms with Crippen LogP contribution in [0.3, 0.4) is 0 Å². The highest BCUT2D eigenvalue weighted by Crippen LogP contribution is 2.10. The van der Waals surface area contributed by atoms with Gasteiger partial charge in [0.15, 0.2) is 5.65 Å². The van der Waals surface area contributed by atoms with Crippen molar-refractivity contribution in [2.24, 2.45) is 0 Å². The van der Waals surface area contributed by atoms with Crippen LogP contribution in [0.25, 0.3) is 11.2 Å². The van der Waals surface area contributed by atoms with Gasteiger partial charge in [0.25, 0.3) is 0 Å². The highest BCUT2D eigenvalue weighted by atomic mass is 32.1. The summed E-state index contributed by atoms with van der Waals surface area (Å²) in [7, 11) is 0. The van der Waals surface area contributed by atoms with Gasteiger partial charge >= 0.3 is 0 Å². The lowest BCUT2D eigenvalue weighted by Gasteiger charge is -2.04. The van der Waals surface area contributed by atoms with Crippen LogP contribution in [-0.2, 0) is 6.61 Å². The Morgan fingerprint density at radius 3 is 3.25 bits per heavy atom. The third kappa shape index (κ3) is 1.63. The molecule has 0 amide bonds. The second kappa shape index (κ2) is 3.90. The number of hydrogen-bond donors (Lipinski definition) is 0. The molecule has 0 saturated carbocycles. The number of imidazole rings is 1. The summed E-state index contributed by atoms with van der Waals surface area (Å²) in [6.07, 6.45) is 4.75. The number of nitrogens with zero attached hydrogens (tertiary/aromatic N) is 4. The van der Waals surface area contributed by atoms with Gasteiger partial charge in [-0.05, 0) is 11.4 Å². The van der Waals surface area contributed by atoms with E-state index >= 15 is 0 Å². The first-order valence-electron chi connectivity index (χ1n) is 4.72. The van der Waals surface area contributed by atoms with E-state index in [4.69, 9.17) is 4.84 Å². The summed E-state index contributed by atoms with van der Waals surface area (Å²) in [5.74, 6) is 0. The molecule has 5 nitrogen and oxygen atoms in total. The Bertz CT molecular complexity index is 590. The first-order chi connectivity index (χ1) is 7.93. The molecule has 80 valence electrons. The summed E-state index contributed by atoms with van der Waals surface area (Å²) in [6, 6.07) is 4.02. The van der Waals surface area contributed by atoms with Crippen molar-refractivity contribution in [3.63, 3.8) is 0 Å². The van der Waals surface area contributed by atoms with Gasteiger partial charge in [0.05, 0.1) is 6.20 Å². The van der Waals surface area contributed by atoms with Gasteiger partial charge in [-0.2, -0.15) is 4.73 Å². The van der Waals surface area contributed by atoms with Crippen LogP contribution in [0.4, 0.5) is 0 Å². The Kier molecular flexibility index (Phi) is 2.26. The summed E-state index contributed by atoms with van der Waals surface area (Å²) in [6.45, 7) is 0.521. The molecule has 0 spiro atoms. The van der Waals surface area contributed by atoms with Crippen LogP contribution >= 0.6 is 11.3 Å². The fourth-order valence-electron chi connectivity index (χ4n) is 1.37. The summed E-state index contributed by atoms with van der Waals surface area (Å²) >= 11 is 1.66. The Balaban J connectivity index is 1.84. The Hall–Kier alpha value is -1.95. The van der Waals surface area contributed by atoms with Crippen LogP contribution in [0.5, 0.6) is 0 Å². The normalized spacial score (nSPS) is 10.8. The van der Waals surface area contributed by atoms with Gasteiger partial charge in [-0.1, -0.05) is 6.07 Å². The third-order valence-electron chi connectivity index (χ3n) is 2.11. The molecule has 0 N–H and O–H groups in total. The van der Waals surface area contributed by atoms with E-state index in [9.17, 15) is 0 Å². The SMILES string of the molecule is c1csc(COn2cnc3cncnc32)c1. The molecule has 0 unspecified atom stereocenters. The van der Waals surface area contributed by atoms with Gasteiger partial charge in [-0.3, -0.25) is 0 Å². The molecule has 0 atom stereocenters. The van der Waals surface area contributed by atoms with Gasteiger partial charge < -0.3 is 4.84 Å². The molecule has 0 aliphatic heterocycles. The monoisotopic (exact) mass is 232 g/mol. The third-order valence-corrected chi connectivity index (χ3v) is 2.96. The summed E-state index contributed by atoms with van der Waals surface area (Å²) in [4.78, 5) is 18.9. The molecule has 3 aromatic heterocycles. The van der Waals surface area contributed by atoms with E-state index in [1.807, 2.05) is 17.5 Å². The Morgan fingerprint density at radius 1 is 1.38 bits per heavy atom. The molecule has 0 radical (unpaired) electrons. The minimum Gasteiger partial charge on any atom is -0.405 e. The molecule has 3 aromatic rings. The first-order valence-corrected chi connectivity index (χ1v) is 5.60. The molecule has 0 bridgehead atoms. The molecule has 0 aromatic carbocycles. The topological polar surface area (TPSA) is 52.8 Å². The number of rotatable bonds is 3. The largest absolute Gasteiger partial charge is 0.405 e. The molecular weight excluding hydrogens is 224 g/mol. The quantitative estimate of drug-likeness (QED) is 0.687. The highest BCUT2D eigenvalue weighted by Gasteiger charge is 2.04. The molecular formula is C10H8N4OS. The van der Waals surface area contributed by atoms with Gasteiger partial charge in [-0.25, -0.2) is 15.0 Å². The number of aromatic nitrogens is 4. The van der Waals surface area contributed by atoms with E-state index in [2.05, 4.69) is 15.0 Å². The van der Waals surface area contributed by atoms with Crippen LogP contribution in [0, 0.1) is 0 Å². The Labute approximate surface area is 95.3 Å². The molecule has 3 heterocycles. The van der Waals surface area contributed by atoms with Crippen LogP contribution in [0.1, 0.15) is 4.88 Å². The van der Waals surface area contributed by atoms with E-state index in [1.165, 1.54) is 6.33 Å². The molecule has 0 fully saturated rings. The van der Waals surface area contributed by atoms with Crippen molar-refractivity contribution in [3.05, 3.63) is 41.2 Å². The van der Waals surface area contributed by atoms with Crippen molar-refractivity contribution in [2.45, 2.75) is 6.61 Å². The van der Waals surface area contributed by atoms with E-state index < -0.39 is 0 Å². The smallest absolute Gasteiger partial charge is 0.199 e. The highest BCUT2D eigenvalue weighted by molar-refractivity contribution is 7.09. The van der Waals surface area contributed by atoms with Crippen molar-refractivity contribution < 1.29 is 4.84 Å². The van der Waals surface area contributed by atoms with E-state index in [0.717, 1.165) is 10.4 Å². The van der Waals surface area contributed by atoms with Crippen molar-refractivity contribution in [2.75, 3.05) is 0 Å². The van der Waals surface area contributed by atoms with Gasteiger partial charge in [0, 0.05) is 4.88 Å². The van der Waals surface area contributed by atoms with Crippen molar-refractivity contribution in [1.29, 1.82) is 0 Å². The molecule has 0 aliphatic carbocycles. The summed E-state index contributed by atoms with van der Waals surface area (Å²) in [5.41, 5.74) is 1.42. The lowest BCUT2D eigenvalue weighted by Crippen LogP contribution is -2.09. The lowest BCUT2D eigenvalue weighted by atomic mass is 10.5. The van der Waals surface area contributed by atoms with E-state index in [0.29, 0.717) is 12.3 Å². The van der Waals surface area contributed by atoms with Crippen molar-refractivity contribution in [3.8, 4) is 0 Å². The summed E-state index contributed by atoms with van der Waals surface area (Å²) in [5, 5.41) is 2.02. The second-order valence-electron chi connectivity index (χ2n) is 3.15. The lowest BCUT2D eigenvalue weighted by molar-refractivity contribution is 0.107. The molecule has 0 aliphatic rings. The van der Waals surface area contributed by atoms with Crippen molar-refractivity contribution >= 4 is 22.5 Å². The van der Waals surface area contributed by atoms with Gasteiger partial charge in [0.1, 0.15) is 24.8 Å². The minimum absolute atomic E-state index is 0.521. The maximum atomic E-state index is 5.58. The number of fused-ring (bicyclic) bond motifs is 1. The standard InChI is InChI=1S/C10H8N4OS/c1-2-8(16-3-1)5-15-14-7-13-9-4-11-6-12-10(9)14/h1-4,6-7H,5H2. The summed E-state index contributed by atoms with van der Waals surface area (Å²) < 4.78 is 1.57. The zero-order valence-electron chi connectivity index (χ0n) is 8.28. The minimum atomic E-state index is 0.521.